The van der Waals surface area contributed by atoms with E-state index in [0.717, 1.165) is 21.8 Å². The molecule has 146 valence electrons. The zero-order chi connectivity index (χ0) is 19.5. The summed E-state index contributed by atoms with van der Waals surface area (Å²) in [7, 11) is -2.96. The van der Waals surface area contributed by atoms with Gasteiger partial charge in [-0.2, -0.15) is 0 Å². The maximum absolute atomic E-state index is 12.9. The fraction of sp³-hybridized carbons (Fsp3) is 0.350. The SMILES string of the molecule is Cc1c2c(cc3c1OC(=Cc1cccs1)C3=O)CN([C@H]1CCS(=O)(=O)C1)CO2. The summed E-state index contributed by atoms with van der Waals surface area (Å²) in [5.74, 6) is 1.89. The Balaban J connectivity index is 1.46. The molecular formula is C20H19NO5S2. The number of benzene rings is 1. The van der Waals surface area contributed by atoms with Crippen molar-refractivity contribution in [1.29, 1.82) is 0 Å². The topological polar surface area (TPSA) is 72.9 Å². The number of hydrogen-bond acceptors (Lipinski definition) is 7. The number of sulfone groups is 1. The number of allylic oxidation sites excluding steroid dienone is 1. The van der Waals surface area contributed by atoms with Gasteiger partial charge in [-0.1, -0.05) is 6.07 Å². The summed E-state index contributed by atoms with van der Waals surface area (Å²) in [5.41, 5.74) is 2.26. The molecule has 1 aromatic carbocycles. The van der Waals surface area contributed by atoms with E-state index < -0.39 is 9.84 Å². The first-order chi connectivity index (χ1) is 13.4. The number of hydrogen-bond donors (Lipinski definition) is 0. The standard InChI is InChI=1S/C20H19NO5S2/c1-12-19-13(9-21(11-25-19)14-4-6-28(23,24)10-14)7-16-18(22)17(26-20(12)16)8-15-3-2-5-27-15/h2-3,5,7-8,14H,4,6,9-11H2,1H3/t14-/m0/s1. The molecule has 0 unspecified atom stereocenters. The van der Waals surface area contributed by atoms with Crippen LogP contribution in [0.5, 0.6) is 11.5 Å². The van der Waals surface area contributed by atoms with Crippen molar-refractivity contribution in [1.82, 2.24) is 4.90 Å². The Bertz CT molecular complexity index is 1100. The highest BCUT2D eigenvalue weighted by Crippen LogP contribution is 2.43. The van der Waals surface area contributed by atoms with Gasteiger partial charge in [0.2, 0.25) is 5.78 Å². The Morgan fingerprint density at radius 3 is 2.89 bits per heavy atom. The largest absolute Gasteiger partial charge is 0.477 e. The summed E-state index contributed by atoms with van der Waals surface area (Å²) in [6, 6.07) is 5.67. The molecule has 0 spiro atoms. The van der Waals surface area contributed by atoms with Gasteiger partial charge in [0.05, 0.1) is 17.1 Å². The molecule has 1 fully saturated rings. The van der Waals surface area contributed by atoms with E-state index in [1.165, 1.54) is 0 Å². The zero-order valence-corrected chi connectivity index (χ0v) is 16.9. The van der Waals surface area contributed by atoms with E-state index in [4.69, 9.17) is 9.47 Å². The minimum absolute atomic E-state index is 0.0343. The van der Waals surface area contributed by atoms with Gasteiger partial charge in [-0.3, -0.25) is 9.69 Å². The lowest BCUT2D eigenvalue weighted by atomic mass is 9.99. The third-order valence-electron chi connectivity index (χ3n) is 5.51. The molecule has 0 radical (unpaired) electrons. The maximum Gasteiger partial charge on any atom is 0.232 e. The van der Waals surface area contributed by atoms with E-state index >= 15 is 0 Å². The van der Waals surface area contributed by atoms with Crippen molar-refractivity contribution in [2.45, 2.75) is 25.9 Å². The van der Waals surface area contributed by atoms with E-state index in [-0.39, 0.29) is 23.3 Å². The minimum Gasteiger partial charge on any atom is -0.477 e. The maximum atomic E-state index is 12.9. The van der Waals surface area contributed by atoms with E-state index in [1.54, 1.807) is 17.4 Å². The van der Waals surface area contributed by atoms with Crippen LogP contribution in [0.25, 0.3) is 6.08 Å². The van der Waals surface area contributed by atoms with Crippen molar-refractivity contribution in [2.75, 3.05) is 18.2 Å². The number of thiophene rings is 1. The van der Waals surface area contributed by atoms with Crippen LogP contribution in [0.4, 0.5) is 0 Å². The lowest BCUT2D eigenvalue weighted by Gasteiger charge is -2.33. The first-order valence-corrected chi connectivity index (χ1v) is 11.8. The molecule has 0 aliphatic carbocycles. The van der Waals surface area contributed by atoms with Crippen molar-refractivity contribution in [2.24, 2.45) is 0 Å². The summed E-state index contributed by atoms with van der Waals surface area (Å²) in [4.78, 5) is 15.9. The Morgan fingerprint density at radius 2 is 2.18 bits per heavy atom. The first-order valence-electron chi connectivity index (χ1n) is 9.13. The van der Waals surface area contributed by atoms with Gasteiger partial charge in [-0.15, -0.1) is 11.3 Å². The summed E-state index contributed by atoms with van der Waals surface area (Å²) in [6.45, 7) is 2.81. The van der Waals surface area contributed by atoms with Crippen LogP contribution in [0, 0.1) is 6.92 Å². The number of carbonyl (C=O) groups is 1. The average Bonchev–Trinajstić information content (AvgIpc) is 3.37. The van der Waals surface area contributed by atoms with Gasteiger partial charge in [-0.05, 0) is 30.9 Å². The van der Waals surface area contributed by atoms with E-state index in [9.17, 15) is 13.2 Å². The molecule has 3 aliphatic heterocycles. The Morgan fingerprint density at radius 1 is 1.32 bits per heavy atom. The molecule has 0 saturated carbocycles. The van der Waals surface area contributed by atoms with Gasteiger partial charge in [-0.25, -0.2) is 8.42 Å². The van der Waals surface area contributed by atoms with E-state index in [2.05, 4.69) is 0 Å². The molecule has 8 heteroatoms. The van der Waals surface area contributed by atoms with Crippen LogP contribution < -0.4 is 9.47 Å². The molecule has 5 rings (SSSR count). The zero-order valence-electron chi connectivity index (χ0n) is 15.3. The van der Waals surface area contributed by atoms with Gasteiger partial charge in [0.25, 0.3) is 0 Å². The van der Waals surface area contributed by atoms with Crippen LogP contribution in [0.3, 0.4) is 0 Å². The fourth-order valence-corrected chi connectivity index (χ4v) is 6.47. The second-order valence-corrected chi connectivity index (χ2v) is 10.6. The summed E-state index contributed by atoms with van der Waals surface area (Å²) >= 11 is 1.55. The molecule has 1 aromatic heterocycles. The number of nitrogens with zero attached hydrogens (tertiary/aromatic N) is 1. The van der Waals surface area contributed by atoms with E-state index in [1.807, 2.05) is 35.4 Å². The van der Waals surface area contributed by atoms with Crippen LogP contribution in [0.2, 0.25) is 0 Å². The van der Waals surface area contributed by atoms with Crippen LogP contribution in [-0.4, -0.2) is 43.4 Å². The highest BCUT2D eigenvalue weighted by atomic mass is 32.2. The predicted molar refractivity (Wildman–Crippen MR) is 107 cm³/mol. The number of fused-ring (bicyclic) bond motifs is 2. The molecule has 1 saturated heterocycles. The molecule has 2 aromatic rings. The molecule has 0 bridgehead atoms. The molecule has 4 heterocycles. The molecule has 0 amide bonds. The smallest absolute Gasteiger partial charge is 0.232 e. The molecule has 0 N–H and O–H groups in total. The Kier molecular flexibility index (Phi) is 4.12. The van der Waals surface area contributed by atoms with E-state index in [0.29, 0.717) is 36.8 Å². The fourth-order valence-electron chi connectivity index (χ4n) is 4.07. The van der Waals surface area contributed by atoms with Gasteiger partial charge in [0.15, 0.2) is 15.6 Å². The minimum atomic E-state index is -2.96. The average molecular weight is 418 g/mol. The lowest BCUT2D eigenvalue weighted by Crippen LogP contribution is -2.41. The summed E-state index contributed by atoms with van der Waals surface area (Å²) in [5, 5.41) is 1.95. The second-order valence-electron chi connectivity index (χ2n) is 7.40. The quantitative estimate of drug-likeness (QED) is 0.700. The van der Waals surface area contributed by atoms with Crippen molar-refractivity contribution in [3.8, 4) is 11.5 Å². The van der Waals surface area contributed by atoms with Crippen molar-refractivity contribution >= 4 is 33.0 Å². The van der Waals surface area contributed by atoms with Crippen molar-refractivity contribution < 1.29 is 22.7 Å². The molecular weight excluding hydrogens is 398 g/mol. The van der Waals surface area contributed by atoms with Crippen molar-refractivity contribution in [3.05, 3.63) is 50.9 Å². The summed E-state index contributed by atoms with van der Waals surface area (Å²) in [6.07, 6.45) is 2.39. The van der Waals surface area contributed by atoms with Gasteiger partial charge >= 0.3 is 0 Å². The second kappa shape index (κ2) is 6.43. The first kappa shape index (κ1) is 17.9. The predicted octanol–water partition coefficient (Wildman–Crippen LogP) is 3.01. The Hall–Kier alpha value is -2.16. The Labute approximate surface area is 167 Å². The molecule has 3 aliphatic rings. The number of rotatable bonds is 2. The number of carbonyl (C=O) groups excluding carboxylic acids is 1. The highest BCUT2D eigenvalue weighted by molar-refractivity contribution is 7.91. The normalized spacial score (nSPS) is 24.7. The van der Waals surface area contributed by atoms with Crippen LogP contribution >= 0.6 is 11.3 Å². The molecule has 28 heavy (non-hydrogen) atoms. The lowest BCUT2D eigenvalue weighted by molar-refractivity contribution is 0.0637. The number of ether oxygens (including phenoxy) is 2. The summed E-state index contributed by atoms with van der Waals surface area (Å²) < 4.78 is 35.5. The third kappa shape index (κ3) is 2.96. The van der Waals surface area contributed by atoms with Crippen LogP contribution in [-0.2, 0) is 16.4 Å². The van der Waals surface area contributed by atoms with Gasteiger partial charge in [0.1, 0.15) is 18.2 Å². The van der Waals surface area contributed by atoms with Crippen LogP contribution in [0.15, 0.2) is 29.3 Å². The van der Waals surface area contributed by atoms with Crippen molar-refractivity contribution in [3.63, 3.8) is 0 Å². The van der Waals surface area contributed by atoms with Crippen LogP contribution in [0.1, 0.15) is 32.8 Å². The monoisotopic (exact) mass is 417 g/mol. The molecule has 1 atom stereocenters. The molecule has 6 nitrogen and oxygen atoms in total. The number of ketones is 1. The van der Waals surface area contributed by atoms with Gasteiger partial charge < -0.3 is 9.47 Å². The van der Waals surface area contributed by atoms with Gasteiger partial charge in [0, 0.05) is 34.7 Å². The highest BCUT2D eigenvalue weighted by Gasteiger charge is 2.37. The third-order valence-corrected chi connectivity index (χ3v) is 8.08. The number of Topliss-reactive ketones (excluding diaryl/α,β-unsaturated/α-hetero) is 1.